The average Bonchev–Trinajstić information content (AvgIpc) is 3.17. The summed E-state index contributed by atoms with van der Waals surface area (Å²) in [4.78, 5) is 21.0. The molecule has 1 aromatic carbocycles. The van der Waals surface area contributed by atoms with Crippen LogP contribution in [0.4, 0.5) is 5.69 Å². The highest BCUT2D eigenvalue weighted by Gasteiger charge is 2.22. The second kappa shape index (κ2) is 9.80. The number of carbonyl (C=O) groups excluding carboxylic acids is 1. The van der Waals surface area contributed by atoms with Crippen molar-refractivity contribution in [2.75, 3.05) is 18.5 Å². The monoisotopic (exact) mass is 450 g/mol. The maximum Gasteiger partial charge on any atom is 0.278 e. The van der Waals surface area contributed by atoms with Gasteiger partial charge in [-0.25, -0.2) is 4.98 Å². The Balaban J connectivity index is 1.94. The first-order chi connectivity index (χ1) is 14.5. The Kier molecular flexibility index (Phi) is 7.15. The largest absolute Gasteiger partial charge is 0.490 e. The van der Waals surface area contributed by atoms with Crippen molar-refractivity contribution < 1.29 is 18.7 Å². The van der Waals surface area contributed by atoms with Crippen LogP contribution in [0.25, 0.3) is 11.5 Å². The number of halogens is 2. The Bertz CT molecular complexity index is 1040. The van der Waals surface area contributed by atoms with Crippen LogP contribution in [-0.4, -0.2) is 29.1 Å². The minimum atomic E-state index is -0.559. The summed E-state index contributed by atoms with van der Waals surface area (Å²) in [6, 6.07) is 5.25. The van der Waals surface area contributed by atoms with Crippen LogP contribution < -0.4 is 20.5 Å². The summed E-state index contributed by atoms with van der Waals surface area (Å²) in [5.74, 6) is 1.03. The summed E-state index contributed by atoms with van der Waals surface area (Å²) in [5.41, 5.74) is 6.62. The van der Waals surface area contributed by atoms with Gasteiger partial charge in [0.25, 0.3) is 5.91 Å². The van der Waals surface area contributed by atoms with Crippen molar-refractivity contribution in [3.05, 3.63) is 52.1 Å². The Morgan fingerprint density at radius 2 is 1.80 bits per heavy atom. The van der Waals surface area contributed by atoms with E-state index < -0.39 is 5.91 Å². The normalized spacial score (nSPS) is 10.7. The third-order valence-corrected chi connectivity index (χ3v) is 4.55. The molecule has 0 bridgehead atoms. The van der Waals surface area contributed by atoms with Crippen molar-refractivity contribution in [3.63, 3.8) is 0 Å². The third-order valence-electron chi connectivity index (χ3n) is 3.98. The molecule has 0 spiro atoms. The van der Waals surface area contributed by atoms with E-state index in [1.54, 1.807) is 18.2 Å². The number of hydrogen-bond donors (Lipinski definition) is 2. The van der Waals surface area contributed by atoms with Gasteiger partial charge >= 0.3 is 0 Å². The number of oxazole rings is 1. The smallest absolute Gasteiger partial charge is 0.278 e. The van der Waals surface area contributed by atoms with Gasteiger partial charge in [0.1, 0.15) is 0 Å². The molecule has 0 aliphatic carbocycles. The Morgan fingerprint density at radius 1 is 1.13 bits per heavy atom. The fraction of sp³-hybridized carbons (Fsp3) is 0.250. The molecule has 0 aliphatic rings. The standard InChI is InChI=1S/C20H20Cl2N4O4/c1-3-28-14-6-5-11(7-15(14)29-4-2)20-26-18(16(8-23)30-20)19(27)25-17-12(21)9-24-10-13(17)22/h5-7,9-10H,3-4,8,23H2,1-2H3,(H,24,25,27). The minimum Gasteiger partial charge on any atom is -0.490 e. The summed E-state index contributed by atoms with van der Waals surface area (Å²) in [7, 11) is 0. The number of hydrogen-bond acceptors (Lipinski definition) is 7. The number of nitrogens with two attached hydrogens (primary N) is 1. The topological polar surface area (TPSA) is 112 Å². The predicted molar refractivity (Wildman–Crippen MR) is 114 cm³/mol. The van der Waals surface area contributed by atoms with E-state index in [2.05, 4.69) is 15.3 Å². The molecule has 0 atom stereocenters. The summed E-state index contributed by atoms with van der Waals surface area (Å²) in [6.07, 6.45) is 2.74. The van der Waals surface area contributed by atoms with Crippen LogP contribution in [0.2, 0.25) is 10.0 Å². The van der Waals surface area contributed by atoms with Crippen LogP contribution in [0.15, 0.2) is 35.0 Å². The highest BCUT2D eigenvalue weighted by Crippen LogP contribution is 2.34. The zero-order chi connectivity index (χ0) is 21.7. The molecule has 3 aromatic rings. The van der Waals surface area contributed by atoms with Gasteiger partial charge in [0.15, 0.2) is 23.0 Å². The van der Waals surface area contributed by atoms with Gasteiger partial charge in [-0.3, -0.25) is 9.78 Å². The Hall–Kier alpha value is -2.81. The van der Waals surface area contributed by atoms with Crippen LogP contribution in [0.5, 0.6) is 11.5 Å². The molecule has 158 valence electrons. The van der Waals surface area contributed by atoms with Gasteiger partial charge in [0, 0.05) is 18.0 Å². The zero-order valence-corrected chi connectivity index (χ0v) is 17.9. The van der Waals surface area contributed by atoms with E-state index in [0.717, 1.165) is 0 Å². The van der Waals surface area contributed by atoms with Gasteiger partial charge in [-0.1, -0.05) is 23.2 Å². The van der Waals surface area contributed by atoms with Crippen molar-refractivity contribution in [2.24, 2.45) is 5.73 Å². The van der Waals surface area contributed by atoms with E-state index in [1.165, 1.54) is 12.4 Å². The number of nitrogens with zero attached hydrogens (tertiary/aromatic N) is 2. The molecule has 0 unspecified atom stereocenters. The first-order valence-electron chi connectivity index (χ1n) is 9.18. The second-order valence-corrected chi connectivity index (χ2v) is 6.77. The van der Waals surface area contributed by atoms with Gasteiger partial charge in [0.2, 0.25) is 5.89 Å². The average molecular weight is 451 g/mol. The first kappa shape index (κ1) is 21.9. The number of rotatable bonds is 8. The van der Waals surface area contributed by atoms with Crippen molar-refractivity contribution >= 4 is 34.8 Å². The molecule has 0 aliphatic heterocycles. The molecule has 30 heavy (non-hydrogen) atoms. The van der Waals surface area contributed by atoms with Crippen molar-refractivity contribution in [2.45, 2.75) is 20.4 Å². The van der Waals surface area contributed by atoms with Crippen LogP contribution >= 0.6 is 23.2 Å². The fourth-order valence-electron chi connectivity index (χ4n) is 2.68. The summed E-state index contributed by atoms with van der Waals surface area (Å²) >= 11 is 12.1. The molecule has 0 fully saturated rings. The van der Waals surface area contributed by atoms with E-state index in [-0.39, 0.29) is 39.6 Å². The van der Waals surface area contributed by atoms with Crippen LogP contribution in [-0.2, 0) is 6.54 Å². The van der Waals surface area contributed by atoms with Crippen LogP contribution in [0.1, 0.15) is 30.1 Å². The van der Waals surface area contributed by atoms with Gasteiger partial charge < -0.3 is 24.9 Å². The lowest BCUT2D eigenvalue weighted by atomic mass is 10.2. The Labute approximate surface area is 183 Å². The fourth-order valence-corrected chi connectivity index (χ4v) is 3.14. The molecule has 3 rings (SSSR count). The van der Waals surface area contributed by atoms with E-state index in [9.17, 15) is 4.79 Å². The molecule has 10 heteroatoms. The lowest BCUT2D eigenvalue weighted by Crippen LogP contribution is -2.16. The van der Waals surface area contributed by atoms with Gasteiger partial charge in [-0.05, 0) is 32.0 Å². The molecule has 1 amide bonds. The maximum atomic E-state index is 12.8. The van der Waals surface area contributed by atoms with Gasteiger partial charge in [-0.2, -0.15) is 0 Å². The molecule has 3 N–H and O–H groups in total. The number of nitrogens with one attached hydrogen (secondary N) is 1. The van der Waals surface area contributed by atoms with Crippen molar-refractivity contribution in [1.82, 2.24) is 9.97 Å². The SMILES string of the molecule is CCOc1ccc(-c2nc(C(=O)Nc3c(Cl)cncc3Cl)c(CN)o2)cc1OCC. The number of ether oxygens (including phenoxy) is 2. The number of benzene rings is 1. The van der Waals surface area contributed by atoms with Gasteiger partial charge in [-0.15, -0.1) is 0 Å². The highest BCUT2D eigenvalue weighted by molar-refractivity contribution is 6.39. The molecule has 2 aromatic heterocycles. The number of pyridine rings is 1. The van der Waals surface area contributed by atoms with Gasteiger partial charge in [0.05, 0.1) is 35.5 Å². The number of amides is 1. The zero-order valence-electron chi connectivity index (χ0n) is 16.4. The molecular formula is C20H20Cl2N4O4. The molecule has 8 nitrogen and oxygen atoms in total. The summed E-state index contributed by atoms with van der Waals surface area (Å²) in [5, 5.41) is 3.02. The molecule has 2 heterocycles. The van der Waals surface area contributed by atoms with Crippen molar-refractivity contribution in [3.8, 4) is 23.0 Å². The van der Waals surface area contributed by atoms with E-state index in [1.807, 2.05) is 13.8 Å². The summed E-state index contributed by atoms with van der Waals surface area (Å²) in [6.45, 7) is 4.70. The van der Waals surface area contributed by atoms with Crippen LogP contribution in [0.3, 0.4) is 0 Å². The first-order valence-corrected chi connectivity index (χ1v) is 9.94. The lowest BCUT2D eigenvalue weighted by Gasteiger charge is -2.11. The highest BCUT2D eigenvalue weighted by atomic mass is 35.5. The van der Waals surface area contributed by atoms with E-state index >= 15 is 0 Å². The number of anilines is 1. The molecule has 0 radical (unpaired) electrons. The molecular weight excluding hydrogens is 431 g/mol. The quantitative estimate of drug-likeness (QED) is 0.517. The molecule has 0 saturated carbocycles. The number of aromatic nitrogens is 2. The summed E-state index contributed by atoms with van der Waals surface area (Å²) < 4.78 is 16.9. The van der Waals surface area contributed by atoms with Crippen LogP contribution in [0, 0.1) is 0 Å². The van der Waals surface area contributed by atoms with E-state index in [0.29, 0.717) is 30.3 Å². The Morgan fingerprint density at radius 3 is 2.43 bits per heavy atom. The second-order valence-electron chi connectivity index (χ2n) is 5.95. The molecule has 0 saturated heterocycles. The predicted octanol–water partition coefficient (Wildman–Crippen LogP) is 4.55. The van der Waals surface area contributed by atoms with Crippen molar-refractivity contribution in [1.29, 1.82) is 0 Å². The number of carbonyl (C=O) groups is 1. The maximum absolute atomic E-state index is 12.8. The third kappa shape index (κ3) is 4.67. The van der Waals surface area contributed by atoms with E-state index in [4.69, 9.17) is 42.8 Å². The lowest BCUT2D eigenvalue weighted by molar-refractivity contribution is 0.102. The minimum absolute atomic E-state index is 0.0249.